The molecule has 0 spiro atoms. The first-order chi connectivity index (χ1) is 18.0. The predicted molar refractivity (Wildman–Crippen MR) is 141 cm³/mol. The number of nitrogens with two attached hydrogens (primary N) is 1. The molecule has 1 atom stereocenters. The van der Waals surface area contributed by atoms with Crippen LogP contribution in [0.15, 0.2) is 67.5 Å². The number of likely N-dealkylation sites (N-methyl/N-ethyl adjacent to an activating group) is 1. The first-order valence-electron chi connectivity index (χ1n) is 11.7. The number of hydrogen-bond acceptors (Lipinski definition) is 7. The van der Waals surface area contributed by atoms with Gasteiger partial charge in [0.15, 0.2) is 5.65 Å². The molecule has 0 amide bonds. The van der Waals surface area contributed by atoms with Crippen molar-refractivity contribution in [3.05, 3.63) is 78.9 Å². The number of hydrogen-bond donors (Lipinski definition) is 3. The smallest absolute Gasteiger partial charge is 0.155 e. The Morgan fingerprint density at radius 2 is 1.76 bits per heavy atom. The maximum Gasteiger partial charge on any atom is 0.155 e. The van der Waals surface area contributed by atoms with Crippen LogP contribution in [-0.4, -0.2) is 60.7 Å². The molecule has 1 unspecified atom stereocenters. The van der Waals surface area contributed by atoms with Gasteiger partial charge in [-0.15, -0.1) is 0 Å². The summed E-state index contributed by atoms with van der Waals surface area (Å²) < 4.78 is 14.7. The van der Waals surface area contributed by atoms with Gasteiger partial charge < -0.3 is 15.6 Å². The predicted octanol–water partition coefficient (Wildman–Crippen LogP) is 4.33. The van der Waals surface area contributed by atoms with Crippen LogP contribution in [-0.2, 0) is 0 Å². The maximum atomic E-state index is 14.7. The molecule has 6 rings (SSSR count). The molecule has 9 nitrogen and oxygen atoms in total. The Labute approximate surface area is 211 Å². The number of H-pyrrole nitrogens is 2. The summed E-state index contributed by atoms with van der Waals surface area (Å²) in [6.07, 6.45) is 8.45. The topological polar surface area (TPSA) is 125 Å². The molecule has 0 aliphatic rings. The van der Waals surface area contributed by atoms with E-state index >= 15 is 0 Å². The van der Waals surface area contributed by atoms with Gasteiger partial charge in [-0.25, -0.2) is 19.3 Å². The van der Waals surface area contributed by atoms with Crippen molar-refractivity contribution < 1.29 is 4.39 Å². The standard InChI is InChI=1S/C27H24FN9/c1-37(2)13-22(29)15-5-16(7-19(28)6-15)25-20-9-24(34-23(20)3-4-32-25)26-21-8-17(12-33-27(21)36-35-26)18-10-30-14-31-11-18/h3-12,14,22,34H,13,29H2,1-2H3,(H,33,35,36). The number of nitrogens with zero attached hydrogens (tertiary/aromatic N) is 6. The highest BCUT2D eigenvalue weighted by molar-refractivity contribution is 6.00. The van der Waals surface area contributed by atoms with Crippen LogP contribution in [0.1, 0.15) is 11.6 Å². The number of halogens is 1. The van der Waals surface area contributed by atoms with Crippen LogP contribution in [0.5, 0.6) is 0 Å². The second-order valence-corrected chi connectivity index (χ2v) is 9.27. The minimum absolute atomic E-state index is 0.322. The van der Waals surface area contributed by atoms with E-state index in [9.17, 15) is 4.39 Å². The van der Waals surface area contributed by atoms with Gasteiger partial charge in [-0.1, -0.05) is 0 Å². The lowest BCUT2D eigenvalue weighted by molar-refractivity contribution is 0.376. The van der Waals surface area contributed by atoms with Gasteiger partial charge in [0.25, 0.3) is 0 Å². The van der Waals surface area contributed by atoms with E-state index in [0.29, 0.717) is 23.4 Å². The van der Waals surface area contributed by atoms with Crippen molar-refractivity contribution in [2.75, 3.05) is 20.6 Å². The number of nitrogens with one attached hydrogen (secondary N) is 2. The molecule has 0 aliphatic carbocycles. The van der Waals surface area contributed by atoms with Crippen molar-refractivity contribution in [2.45, 2.75) is 6.04 Å². The normalized spacial score (nSPS) is 12.6. The van der Waals surface area contributed by atoms with Gasteiger partial charge >= 0.3 is 0 Å². The zero-order chi connectivity index (χ0) is 25.5. The van der Waals surface area contributed by atoms with E-state index in [2.05, 4.69) is 35.1 Å². The summed E-state index contributed by atoms with van der Waals surface area (Å²) in [4.78, 5) is 22.7. The lowest BCUT2D eigenvalue weighted by Gasteiger charge is -2.18. The fourth-order valence-corrected chi connectivity index (χ4v) is 4.59. The summed E-state index contributed by atoms with van der Waals surface area (Å²) >= 11 is 0. The largest absolute Gasteiger partial charge is 0.353 e. The van der Waals surface area contributed by atoms with Gasteiger partial charge in [0.05, 0.1) is 11.4 Å². The monoisotopic (exact) mass is 493 g/mol. The number of fused-ring (bicyclic) bond motifs is 2. The molecule has 0 bridgehead atoms. The van der Waals surface area contributed by atoms with Crippen molar-refractivity contribution in [3.63, 3.8) is 0 Å². The Morgan fingerprint density at radius 1 is 0.919 bits per heavy atom. The molecule has 0 saturated heterocycles. The molecule has 6 aromatic rings. The van der Waals surface area contributed by atoms with E-state index in [-0.39, 0.29) is 11.9 Å². The van der Waals surface area contributed by atoms with Crippen LogP contribution < -0.4 is 5.73 Å². The van der Waals surface area contributed by atoms with E-state index in [1.807, 2.05) is 43.3 Å². The molecule has 37 heavy (non-hydrogen) atoms. The van der Waals surface area contributed by atoms with Gasteiger partial charge in [0, 0.05) is 70.4 Å². The molecule has 4 N–H and O–H groups in total. The van der Waals surface area contributed by atoms with Gasteiger partial charge in [-0.2, -0.15) is 5.10 Å². The third kappa shape index (κ3) is 4.32. The minimum atomic E-state index is -0.349. The quantitative estimate of drug-likeness (QED) is 0.315. The van der Waals surface area contributed by atoms with Crippen LogP contribution in [0.2, 0.25) is 0 Å². The van der Waals surface area contributed by atoms with Crippen molar-refractivity contribution in [2.24, 2.45) is 5.73 Å². The molecule has 5 aromatic heterocycles. The molecule has 0 radical (unpaired) electrons. The SMILES string of the molecule is CN(C)CC(N)c1cc(F)cc(-c2nccc3[nH]c(-c4n[nH]c5ncc(-c6cncnc6)cc45)cc23)c1. The van der Waals surface area contributed by atoms with E-state index in [4.69, 9.17) is 5.73 Å². The van der Waals surface area contributed by atoms with E-state index in [1.165, 1.54) is 18.5 Å². The van der Waals surface area contributed by atoms with Crippen molar-refractivity contribution in [1.29, 1.82) is 0 Å². The van der Waals surface area contributed by atoms with Gasteiger partial charge in [0.1, 0.15) is 17.8 Å². The minimum Gasteiger partial charge on any atom is -0.353 e. The van der Waals surface area contributed by atoms with Gasteiger partial charge in [-0.05, 0) is 56.1 Å². The summed E-state index contributed by atoms with van der Waals surface area (Å²) in [5.41, 5.74) is 13.2. The molecule has 5 heterocycles. The first kappa shape index (κ1) is 22.9. The zero-order valence-electron chi connectivity index (χ0n) is 20.3. The average molecular weight is 494 g/mol. The molecule has 1 aromatic carbocycles. The molecular formula is C27H24FN9. The third-order valence-electron chi connectivity index (χ3n) is 6.30. The summed E-state index contributed by atoms with van der Waals surface area (Å²) in [7, 11) is 3.88. The molecule has 0 fully saturated rings. The number of rotatable bonds is 6. The third-order valence-corrected chi connectivity index (χ3v) is 6.30. The highest BCUT2D eigenvalue weighted by Crippen LogP contribution is 2.34. The fourth-order valence-electron chi connectivity index (χ4n) is 4.59. The number of benzene rings is 1. The van der Waals surface area contributed by atoms with E-state index in [0.717, 1.165) is 44.4 Å². The Kier molecular flexibility index (Phi) is 5.67. The fraction of sp³-hybridized carbons (Fsp3) is 0.148. The summed E-state index contributed by atoms with van der Waals surface area (Å²) in [6, 6.07) is 10.4. The maximum absolute atomic E-state index is 14.7. The second kappa shape index (κ2) is 9.16. The summed E-state index contributed by atoms with van der Waals surface area (Å²) in [5, 5.41) is 9.23. The Bertz CT molecular complexity index is 1720. The Morgan fingerprint density at radius 3 is 2.57 bits per heavy atom. The first-order valence-corrected chi connectivity index (χ1v) is 11.7. The van der Waals surface area contributed by atoms with Crippen molar-refractivity contribution in [3.8, 4) is 33.8 Å². The highest BCUT2D eigenvalue weighted by atomic mass is 19.1. The molecule has 0 aliphatic heterocycles. The summed E-state index contributed by atoms with van der Waals surface area (Å²) in [6.45, 7) is 0.603. The van der Waals surface area contributed by atoms with Crippen LogP contribution in [0.3, 0.4) is 0 Å². The van der Waals surface area contributed by atoms with Crippen LogP contribution in [0.25, 0.3) is 55.7 Å². The van der Waals surface area contributed by atoms with Crippen molar-refractivity contribution >= 4 is 21.9 Å². The average Bonchev–Trinajstić information content (AvgIpc) is 3.52. The Balaban J connectivity index is 1.45. The van der Waals surface area contributed by atoms with Crippen LogP contribution in [0, 0.1) is 5.82 Å². The lowest BCUT2D eigenvalue weighted by atomic mass is 10.0. The van der Waals surface area contributed by atoms with Crippen molar-refractivity contribution in [1.82, 2.24) is 40.0 Å². The number of pyridine rings is 2. The van der Waals surface area contributed by atoms with Gasteiger partial charge in [-0.3, -0.25) is 10.1 Å². The van der Waals surface area contributed by atoms with Crippen LogP contribution >= 0.6 is 0 Å². The Hall–Kier alpha value is -4.54. The summed E-state index contributed by atoms with van der Waals surface area (Å²) in [5.74, 6) is -0.349. The lowest BCUT2D eigenvalue weighted by Crippen LogP contribution is -2.26. The second-order valence-electron chi connectivity index (χ2n) is 9.27. The van der Waals surface area contributed by atoms with Gasteiger partial charge in [0.2, 0.25) is 0 Å². The molecule has 10 heteroatoms. The van der Waals surface area contributed by atoms with Crippen LogP contribution in [0.4, 0.5) is 4.39 Å². The van der Waals surface area contributed by atoms with E-state index in [1.54, 1.807) is 24.8 Å². The highest BCUT2D eigenvalue weighted by Gasteiger charge is 2.17. The number of aromatic nitrogens is 7. The molecule has 184 valence electrons. The molecule has 0 saturated carbocycles. The van der Waals surface area contributed by atoms with E-state index < -0.39 is 0 Å². The molecular weight excluding hydrogens is 469 g/mol. The number of aromatic amines is 2. The zero-order valence-corrected chi connectivity index (χ0v) is 20.3.